The van der Waals surface area contributed by atoms with Crippen molar-refractivity contribution in [2.45, 2.75) is 13.3 Å². The third-order valence-corrected chi connectivity index (χ3v) is 2.80. The Labute approximate surface area is 103 Å². The van der Waals surface area contributed by atoms with Gasteiger partial charge in [0, 0.05) is 7.05 Å². The van der Waals surface area contributed by atoms with Gasteiger partial charge in [-0.05, 0) is 36.2 Å². The van der Waals surface area contributed by atoms with Crippen LogP contribution in [0, 0.1) is 0 Å². The summed E-state index contributed by atoms with van der Waals surface area (Å²) in [7, 11) is 2.02. The highest BCUT2D eigenvalue weighted by Crippen LogP contribution is 2.15. The number of benzene rings is 2. The van der Waals surface area contributed by atoms with Gasteiger partial charge in [-0.25, -0.2) is 0 Å². The summed E-state index contributed by atoms with van der Waals surface area (Å²) in [5, 5.41) is 2.01. The fourth-order valence-electron chi connectivity index (χ4n) is 1.72. The Balaban J connectivity index is 2.05. The monoisotopic (exact) mass is 226 g/mol. The highest BCUT2D eigenvalue weighted by Gasteiger charge is 1.99. The zero-order chi connectivity index (χ0) is 12.1. The average molecular weight is 226 g/mol. The van der Waals surface area contributed by atoms with Crippen LogP contribution in [0.25, 0.3) is 0 Å². The van der Waals surface area contributed by atoms with E-state index in [0.29, 0.717) is 0 Å². The SMILES string of the molecule is CCc1ccc(NN(C)c2ccccc2)cc1. The molecular weight excluding hydrogens is 208 g/mol. The van der Waals surface area contributed by atoms with Crippen LogP contribution in [0.15, 0.2) is 54.6 Å². The molecule has 0 amide bonds. The van der Waals surface area contributed by atoms with Crippen molar-refractivity contribution in [2.24, 2.45) is 0 Å². The molecule has 0 spiro atoms. The van der Waals surface area contributed by atoms with Crippen LogP contribution in [0.5, 0.6) is 0 Å². The number of rotatable bonds is 4. The van der Waals surface area contributed by atoms with Gasteiger partial charge in [-0.2, -0.15) is 0 Å². The van der Waals surface area contributed by atoms with Crippen LogP contribution >= 0.6 is 0 Å². The molecule has 0 aliphatic rings. The number of hydrazine groups is 1. The van der Waals surface area contributed by atoms with Crippen LogP contribution in [-0.2, 0) is 6.42 Å². The smallest absolute Gasteiger partial charge is 0.0568 e. The Bertz CT molecular complexity index is 448. The van der Waals surface area contributed by atoms with Gasteiger partial charge in [0.15, 0.2) is 0 Å². The van der Waals surface area contributed by atoms with Crippen LogP contribution in [0.2, 0.25) is 0 Å². The van der Waals surface area contributed by atoms with Crippen LogP contribution in [0.3, 0.4) is 0 Å². The zero-order valence-corrected chi connectivity index (χ0v) is 10.4. The zero-order valence-electron chi connectivity index (χ0n) is 10.4. The first-order valence-corrected chi connectivity index (χ1v) is 5.94. The molecule has 0 aromatic heterocycles. The maximum atomic E-state index is 3.34. The minimum absolute atomic E-state index is 1.08. The number of anilines is 2. The summed E-state index contributed by atoms with van der Waals surface area (Å²) in [5.41, 5.74) is 6.95. The molecule has 2 aromatic carbocycles. The lowest BCUT2D eigenvalue weighted by atomic mass is 10.1. The molecule has 0 fully saturated rings. The molecule has 2 heteroatoms. The average Bonchev–Trinajstić information content (AvgIpc) is 2.40. The second-order valence-corrected chi connectivity index (χ2v) is 4.06. The lowest BCUT2D eigenvalue weighted by Gasteiger charge is -2.21. The highest BCUT2D eigenvalue weighted by atomic mass is 15.5. The third kappa shape index (κ3) is 3.00. The van der Waals surface area contributed by atoms with Crippen LogP contribution in [0.4, 0.5) is 11.4 Å². The van der Waals surface area contributed by atoms with Crippen LogP contribution in [-0.4, -0.2) is 7.05 Å². The summed E-state index contributed by atoms with van der Waals surface area (Å²) < 4.78 is 0. The van der Waals surface area contributed by atoms with E-state index in [0.717, 1.165) is 17.8 Å². The van der Waals surface area contributed by atoms with E-state index in [1.165, 1.54) is 5.56 Å². The predicted molar refractivity (Wildman–Crippen MR) is 74.3 cm³/mol. The molecule has 2 aromatic rings. The molecule has 2 nitrogen and oxygen atoms in total. The molecular formula is C15H18N2. The second kappa shape index (κ2) is 5.39. The standard InChI is InChI=1S/C15H18N2/c1-3-13-9-11-14(12-10-13)16-17(2)15-7-5-4-6-8-15/h4-12,16H,3H2,1-2H3. The molecule has 0 saturated carbocycles. The van der Waals surface area contributed by atoms with E-state index in [2.05, 4.69) is 48.7 Å². The topological polar surface area (TPSA) is 15.3 Å². The Morgan fingerprint density at radius 1 is 0.941 bits per heavy atom. The van der Waals surface area contributed by atoms with E-state index in [9.17, 15) is 0 Å². The van der Waals surface area contributed by atoms with E-state index < -0.39 is 0 Å². The first kappa shape index (κ1) is 11.5. The second-order valence-electron chi connectivity index (χ2n) is 4.06. The van der Waals surface area contributed by atoms with Crippen molar-refractivity contribution in [3.05, 3.63) is 60.2 Å². The lowest BCUT2D eigenvalue weighted by Crippen LogP contribution is -2.24. The summed E-state index contributed by atoms with van der Waals surface area (Å²) in [6.45, 7) is 2.17. The molecule has 2 rings (SSSR count). The summed E-state index contributed by atoms with van der Waals surface area (Å²) in [6.07, 6.45) is 1.08. The van der Waals surface area contributed by atoms with E-state index in [1.54, 1.807) is 0 Å². The van der Waals surface area contributed by atoms with Gasteiger partial charge in [0.1, 0.15) is 0 Å². The maximum Gasteiger partial charge on any atom is 0.0568 e. The van der Waals surface area contributed by atoms with Gasteiger partial charge in [0.25, 0.3) is 0 Å². The molecule has 1 N–H and O–H groups in total. The Morgan fingerprint density at radius 3 is 2.18 bits per heavy atom. The Hall–Kier alpha value is -1.96. The van der Waals surface area contributed by atoms with Crippen molar-refractivity contribution < 1.29 is 0 Å². The first-order valence-electron chi connectivity index (χ1n) is 5.94. The number of hydrogen-bond acceptors (Lipinski definition) is 2. The van der Waals surface area contributed by atoms with Gasteiger partial charge in [-0.3, -0.25) is 10.4 Å². The summed E-state index contributed by atoms with van der Waals surface area (Å²) in [6, 6.07) is 18.8. The fraction of sp³-hybridized carbons (Fsp3) is 0.200. The van der Waals surface area contributed by atoms with Crippen molar-refractivity contribution in [2.75, 3.05) is 17.5 Å². The van der Waals surface area contributed by atoms with Crippen molar-refractivity contribution in [3.8, 4) is 0 Å². The molecule has 0 atom stereocenters. The quantitative estimate of drug-likeness (QED) is 0.799. The van der Waals surface area contributed by atoms with Crippen molar-refractivity contribution in [1.29, 1.82) is 0 Å². The molecule has 0 radical (unpaired) electrons. The van der Waals surface area contributed by atoms with Crippen molar-refractivity contribution >= 4 is 11.4 Å². The lowest BCUT2D eigenvalue weighted by molar-refractivity contribution is 1.09. The molecule has 0 heterocycles. The molecule has 0 unspecified atom stereocenters. The normalized spacial score (nSPS) is 10.0. The van der Waals surface area contributed by atoms with E-state index in [4.69, 9.17) is 0 Å². The first-order chi connectivity index (χ1) is 8.29. The number of nitrogens with one attached hydrogen (secondary N) is 1. The molecule has 0 bridgehead atoms. The van der Waals surface area contributed by atoms with E-state index in [1.807, 2.05) is 30.3 Å². The highest BCUT2D eigenvalue weighted by molar-refractivity contribution is 5.54. The van der Waals surface area contributed by atoms with Crippen LogP contribution in [0.1, 0.15) is 12.5 Å². The fourth-order valence-corrected chi connectivity index (χ4v) is 1.72. The summed E-state index contributed by atoms with van der Waals surface area (Å²) in [4.78, 5) is 0. The maximum absolute atomic E-state index is 3.34. The van der Waals surface area contributed by atoms with Gasteiger partial charge in [-0.1, -0.05) is 37.3 Å². The van der Waals surface area contributed by atoms with Gasteiger partial charge in [0.2, 0.25) is 0 Å². The molecule has 0 saturated heterocycles. The van der Waals surface area contributed by atoms with Gasteiger partial charge >= 0.3 is 0 Å². The van der Waals surface area contributed by atoms with Crippen molar-refractivity contribution in [1.82, 2.24) is 0 Å². The van der Waals surface area contributed by atoms with Gasteiger partial charge in [-0.15, -0.1) is 0 Å². The number of aryl methyl sites for hydroxylation is 1. The largest absolute Gasteiger partial charge is 0.299 e. The third-order valence-electron chi connectivity index (χ3n) is 2.80. The Kier molecular flexibility index (Phi) is 3.66. The predicted octanol–water partition coefficient (Wildman–Crippen LogP) is 3.71. The Morgan fingerprint density at radius 2 is 1.59 bits per heavy atom. The van der Waals surface area contributed by atoms with Crippen LogP contribution < -0.4 is 10.4 Å². The van der Waals surface area contributed by atoms with Crippen molar-refractivity contribution in [3.63, 3.8) is 0 Å². The molecule has 17 heavy (non-hydrogen) atoms. The number of nitrogens with zero attached hydrogens (tertiary/aromatic N) is 1. The van der Waals surface area contributed by atoms with Gasteiger partial charge in [0.05, 0.1) is 11.4 Å². The number of hydrogen-bond donors (Lipinski definition) is 1. The minimum atomic E-state index is 1.08. The van der Waals surface area contributed by atoms with Gasteiger partial charge < -0.3 is 0 Å². The minimum Gasteiger partial charge on any atom is -0.299 e. The molecule has 88 valence electrons. The van der Waals surface area contributed by atoms with E-state index >= 15 is 0 Å². The summed E-state index contributed by atoms with van der Waals surface area (Å²) >= 11 is 0. The summed E-state index contributed by atoms with van der Waals surface area (Å²) in [5.74, 6) is 0. The molecule has 0 aliphatic heterocycles. The molecule has 0 aliphatic carbocycles. The number of para-hydroxylation sites is 1. The van der Waals surface area contributed by atoms with E-state index in [-0.39, 0.29) is 0 Å².